The van der Waals surface area contributed by atoms with Crippen LogP contribution in [0.1, 0.15) is 37.4 Å². The van der Waals surface area contributed by atoms with E-state index in [1.165, 1.54) is 16.7 Å². The number of nitrogens with zero attached hydrogens (tertiary/aromatic N) is 1. The van der Waals surface area contributed by atoms with Gasteiger partial charge in [-0.1, -0.05) is 6.92 Å². The summed E-state index contributed by atoms with van der Waals surface area (Å²) in [5.74, 6) is 0. The van der Waals surface area contributed by atoms with Gasteiger partial charge < -0.3 is 5.73 Å². The molecule has 0 aromatic carbocycles. The summed E-state index contributed by atoms with van der Waals surface area (Å²) in [6.45, 7) is 2.97. The molecular formula is C10H13F3N2S. The number of hydrogen-bond acceptors (Lipinski definition) is 3. The van der Waals surface area contributed by atoms with Crippen molar-refractivity contribution in [2.75, 3.05) is 0 Å². The summed E-state index contributed by atoms with van der Waals surface area (Å²) >= 11 is 1.27. The van der Waals surface area contributed by atoms with E-state index < -0.39 is 11.7 Å². The number of hydrogen-bond donors (Lipinski definition) is 1. The molecule has 0 bridgehead atoms. The standard InChI is InChI=1S/C10H13F3N2S/c1-8(3-4-8)7-15-6(5-16-7)9(2,14)10(11,12)13/h5H,3-4,14H2,1-2H3. The molecule has 16 heavy (non-hydrogen) atoms. The van der Waals surface area contributed by atoms with Gasteiger partial charge in [-0.2, -0.15) is 13.2 Å². The number of aromatic nitrogens is 1. The largest absolute Gasteiger partial charge is 0.411 e. The van der Waals surface area contributed by atoms with E-state index in [1.54, 1.807) is 0 Å². The van der Waals surface area contributed by atoms with Crippen molar-refractivity contribution in [3.05, 3.63) is 16.1 Å². The molecule has 1 aromatic rings. The van der Waals surface area contributed by atoms with Crippen LogP contribution in [0.5, 0.6) is 0 Å². The number of alkyl halides is 3. The second-order valence-corrected chi connectivity index (χ2v) is 5.66. The Kier molecular flexibility index (Phi) is 2.37. The molecule has 2 N–H and O–H groups in total. The highest BCUT2D eigenvalue weighted by Crippen LogP contribution is 2.49. The average Bonchev–Trinajstić information content (AvgIpc) is 2.71. The van der Waals surface area contributed by atoms with Crippen LogP contribution in [0.15, 0.2) is 5.38 Å². The normalized spacial score (nSPS) is 22.9. The molecule has 2 nitrogen and oxygen atoms in total. The topological polar surface area (TPSA) is 38.9 Å². The molecule has 0 radical (unpaired) electrons. The number of nitrogens with two attached hydrogens (primary N) is 1. The molecule has 1 atom stereocenters. The van der Waals surface area contributed by atoms with Crippen molar-refractivity contribution in [1.29, 1.82) is 0 Å². The van der Waals surface area contributed by atoms with Crippen molar-refractivity contribution >= 4 is 11.3 Å². The Bertz CT molecular complexity index is 404. The van der Waals surface area contributed by atoms with Gasteiger partial charge in [-0.25, -0.2) is 4.98 Å². The summed E-state index contributed by atoms with van der Waals surface area (Å²) in [4.78, 5) is 4.06. The highest BCUT2D eigenvalue weighted by atomic mass is 32.1. The molecule has 1 aliphatic rings. The van der Waals surface area contributed by atoms with E-state index in [-0.39, 0.29) is 11.1 Å². The summed E-state index contributed by atoms with van der Waals surface area (Å²) < 4.78 is 38.0. The maximum Gasteiger partial charge on any atom is 0.411 e. The van der Waals surface area contributed by atoms with Crippen LogP contribution in [0, 0.1) is 0 Å². The molecule has 0 aliphatic heterocycles. The van der Waals surface area contributed by atoms with Crippen molar-refractivity contribution in [3.8, 4) is 0 Å². The lowest BCUT2D eigenvalue weighted by atomic mass is 10.00. The third kappa shape index (κ3) is 1.73. The number of halogens is 3. The van der Waals surface area contributed by atoms with E-state index in [2.05, 4.69) is 4.98 Å². The van der Waals surface area contributed by atoms with Gasteiger partial charge in [0.25, 0.3) is 0 Å². The van der Waals surface area contributed by atoms with E-state index in [1.807, 2.05) is 6.92 Å². The van der Waals surface area contributed by atoms with Crippen LogP contribution >= 0.6 is 11.3 Å². The average molecular weight is 250 g/mol. The van der Waals surface area contributed by atoms with Gasteiger partial charge >= 0.3 is 6.18 Å². The van der Waals surface area contributed by atoms with E-state index in [0.717, 1.165) is 24.8 Å². The zero-order valence-corrected chi connectivity index (χ0v) is 9.87. The van der Waals surface area contributed by atoms with Gasteiger partial charge in [-0.05, 0) is 19.8 Å². The zero-order valence-electron chi connectivity index (χ0n) is 9.06. The molecule has 0 amide bonds. The van der Waals surface area contributed by atoms with Crippen molar-refractivity contribution in [3.63, 3.8) is 0 Å². The Morgan fingerprint density at radius 1 is 1.44 bits per heavy atom. The lowest BCUT2D eigenvalue weighted by Crippen LogP contribution is -2.48. The van der Waals surface area contributed by atoms with Crippen molar-refractivity contribution < 1.29 is 13.2 Å². The Balaban J connectivity index is 2.32. The molecule has 1 saturated carbocycles. The molecule has 1 aromatic heterocycles. The van der Waals surface area contributed by atoms with Gasteiger partial charge in [0.1, 0.15) is 0 Å². The van der Waals surface area contributed by atoms with Crippen LogP contribution in [0.3, 0.4) is 0 Å². The second-order valence-electron chi connectivity index (χ2n) is 4.80. The third-order valence-corrected chi connectivity index (χ3v) is 4.29. The molecule has 90 valence electrons. The third-order valence-electron chi connectivity index (χ3n) is 3.14. The fourth-order valence-electron chi connectivity index (χ4n) is 1.34. The fourth-order valence-corrected chi connectivity index (χ4v) is 2.50. The molecule has 0 saturated heterocycles. The predicted octanol–water partition coefficient (Wildman–Crippen LogP) is 2.93. The smallest absolute Gasteiger partial charge is 0.313 e. The number of rotatable bonds is 2. The first-order valence-electron chi connectivity index (χ1n) is 4.99. The molecule has 2 rings (SSSR count). The van der Waals surface area contributed by atoms with E-state index in [9.17, 15) is 13.2 Å². The quantitative estimate of drug-likeness (QED) is 0.876. The Morgan fingerprint density at radius 2 is 2.00 bits per heavy atom. The van der Waals surface area contributed by atoms with E-state index in [4.69, 9.17) is 5.73 Å². The summed E-state index contributed by atoms with van der Waals surface area (Å²) in [7, 11) is 0. The SMILES string of the molecule is CC1(c2nc(C(C)(N)C(F)(F)F)cs2)CC1. The summed E-state index contributed by atoms with van der Waals surface area (Å²) in [6, 6.07) is 0. The molecule has 0 spiro atoms. The summed E-state index contributed by atoms with van der Waals surface area (Å²) in [5, 5.41) is 2.19. The highest BCUT2D eigenvalue weighted by Gasteiger charge is 2.52. The minimum Gasteiger partial charge on any atom is -0.313 e. The van der Waals surface area contributed by atoms with Crippen molar-refractivity contribution in [2.45, 2.75) is 43.8 Å². The monoisotopic (exact) mass is 250 g/mol. The maximum absolute atomic E-state index is 12.7. The van der Waals surface area contributed by atoms with Crippen LogP contribution in [0.4, 0.5) is 13.2 Å². The Labute approximate surface area is 95.7 Å². The first-order chi connectivity index (χ1) is 7.17. The molecule has 1 aliphatic carbocycles. The van der Waals surface area contributed by atoms with Gasteiger partial charge in [0.15, 0.2) is 5.54 Å². The van der Waals surface area contributed by atoms with Gasteiger partial charge in [0.2, 0.25) is 0 Å². The lowest BCUT2D eigenvalue weighted by Gasteiger charge is -2.25. The number of thiazole rings is 1. The molecule has 1 heterocycles. The Hall–Kier alpha value is -0.620. The fraction of sp³-hybridized carbons (Fsp3) is 0.700. The first kappa shape index (κ1) is 11.9. The van der Waals surface area contributed by atoms with E-state index >= 15 is 0 Å². The van der Waals surface area contributed by atoms with Crippen LogP contribution in [-0.4, -0.2) is 11.2 Å². The minimum atomic E-state index is -4.47. The van der Waals surface area contributed by atoms with Crippen LogP contribution in [0.2, 0.25) is 0 Å². The van der Waals surface area contributed by atoms with Gasteiger partial charge in [-0.15, -0.1) is 11.3 Å². The predicted molar refractivity (Wildman–Crippen MR) is 56.3 cm³/mol. The van der Waals surface area contributed by atoms with Gasteiger partial charge in [-0.3, -0.25) is 0 Å². The van der Waals surface area contributed by atoms with Crippen molar-refractivity contribution in [2.24, 2.45) is 5.73 Å². The maximum atomic E-state index is 12.7. The van der Waals surface area contributed by atoms with E-state index in [0.29, 0.717) is 0 Å². The molecule has 1 fully saturated rings. The second kappa shape index (κ2) is 3.20. The zero-order chi connectivity index (χ0) is 12.2. The van der Waals surface area contributed by atoms with Crippen LogP contribution in [0.25, 0.3) is 0 Å². The minimum absolute atomic E-state index is 0.00933. The first-order valence-corrected chi connectivity index (χ1v) is 5.87. The highest BCUT2D eigenvalue weighted by molar-refractivity contribution is 7.09. The lowest BCUT2D eigenvalue weighted by molar-refractivity contribution is -0.185. The van der Waals surface area contributed by atoms with Gasteiger partial charge in [0, 0.05) is 10.8 Å². The summed E-state index contributed by atoms with van der Waals surface area (Å²) in [6.07, 6.45) is -2.48. The van der Waals surface area contributed by atoms with Crippen LogP contribution < -0.4 is 5.73 Å². The van der Waals surface area contributed by atoms with Gasteiger partial charge in [0.05, 0.1) is 10.7 Å². The van der Waals surface area contributed by atoms with Crippen LogP contribution in [-0.2, 0) is 11.0 Å². The van der Waals surface area contributed by atoms with Crippen molar-refractivity contribution in [1.82, 2.24) is 4.98 Å². The molecule has 1 unspecified atom stereocenters. The molecule has 6 heteroatoms. The molecular weight excluding hydrogens is 237 g/mol. The summed E-state index contributed by atoms with van der Waals surface area (Å²) in [5.41, 5.74) is 2.87. The Morgan fingerprint density at radius 3 is 2.44 bits per heavy atom.